The molecule has 5 nitrogen and oxygen atoms in total. The minimum Gasteiger partial charge on any atom is -0.347 e. The normalized spacial score (nSPS) is 29.7. The molecule has 2 unspecified atom stereocenters. The van der Waals surface area contributed by atoms with Gasteiger partial charge in [-0.3, -0.25) is 0 Å². The maximum absolute atomic E-state index is 5.91. The molecule has 1 saturated heterocycles. The van der Waals surface area contributed by atoms with Crippen LogP contribution in [0.25, 0.3) is 0 Å². The highest BCUT2D eigenvalue weighted by Crippen LogP contribution is 2.37. The van der Waals surface area contributed by atoms with Crippen LogP contribution in [0.2, 0.25) is 0 Å². The van der Waals surface area contributed by atoms with Crippen LogP contribution in [-0.2, 0) is 9.47 Å². The van der Waals surface area contributed by atoms with Crippen LogP contribution in [-0.4, -0.2) is 82.2 Å². The van der Waals surface area contributed by atoms with E-state index < -0.39 is 0 Å². The van der Waals surface area contributed by atoms with Gasteiger partial charge < -0.3 is 24.6 Å². The Balaban J connectivity index is 1.90. The Morgan fingerprint density at radius 2 is 1.85 bits per heavy atom. The smallest absolute Gasteiger partial charge is 0.170 e. The fourth-order valence-corrected chi connectivity index (χ4v) is 3.49. The second kappa shape index (κ2) is 7.18. The molecule has 0 bridgehead atoms. The van der Waals surface area contributed by atoms with Crippen molar-refractivity contribution >= 4 is 0 Å². The average Bonchev–Trinajstić information content (AvgIpc) is 2.86. The van der Waals surface area contributed by atoms with Crippen LogP contribution in [0.1, 0.15) is 25.7 Å². The molecule has 1 saturated carbocycles. The van der Waals surface area contributed by atoms with E-state index in [2.05, 4.69) is 43.3 Å². The van der Waals surface area contributed by atoms with Gasteiger partial charge in [0.2, 0.25) is 0 Å². The van der Waals surface area contributed by atoms with Crippen molar-refractivity contribution in [1.29, 1.82) is 0 Å². The van der Waals surface area contributed by atoms with E-state index in [1.807, 2.05) is 0 Å². The first-order valence-corrected chi connectivity index (χ1v) is 7.86. The quantitative estimate of drug-likeness (QED) is 0.779. The van der Waals surface area contributed by atoms with Gasteiger partial charge in [-0.25, -0.2) is 0 Å². The van der Waals surface area contributed by atoms with Crippen LogP contribution in [0, 0.1) is 0 Å². The summed E-state index contributed by atoms with van der Waals surface area (Å²) in [5, 5.41) is 3.48. The molecule has 1 heterocycles. The third-order valence-electron chi connectivity index (χ3n) is 4.69. The number of hydrogen-bond donors (Lipinski definition) is 1. The molecule has 2 aliphatic rings. The Bertz CT molecular complexity index is 293. The van der Waals surface area contributed by atoms with Gasteiger partial charge in [-0.2, -0.15) is 0 Å². The molecule has 2 fully saturated rings. The zero-order chi connectivity index (χ0) is 14.6. The zero-order valence-corrected chi connectivity index (χ0v) is 13.5. The van der Waals surface area contributed by atoms with Crippen molar-refractivity contribution in [2.75, 3.05) is 54.5 Å². The lowest BCUT2D eigenvalue weighted by Crippen LogP contribution is -2.56. The molecule has 118 valence electrons. The molecule has 5 heteroatoms. The van der Waals surface area contributed by atoms with Crippen molar-refractivity contribution in [3.05, 3.63) is 0 Å². The minimum atomic E-state index is -0.298. The molecular weight excluding hydrogens is 254 g/mol. The van der Waals surface area contributed by atoms with Gasteiger partial charge >= 0.3 is 0 Å². The largest absolute Gasteiger partial charge is 0.347 e. The second-order valence-electron chi connectivity index (χ2n) is 6.45. The Labute approximate surface area is 123 Å². The minimum absolute atomic E-state index is 0.298. The van der Waals surface area contributed by atoms with Crippen molar-refractivity contribution in [2.24, 2.45) is 0 Å². The van der Waals surface area contributed by atoms with E-state index in [4.69, 9.17) is 9.47 Å². The second-order valence-corrected chi connectivity index (χ2v) is 6.45. The molecule has 0 radical (unpaired) electrons. The first kappa shape index (κ1) is 16.2. The summed E-state index contributed by atoms with van der Waals surface area (Å²) >= 11 is 0. The van der Waals surface area contributed by atoms with Gasteiger partial charge in [-0.1, -0.05) is 0 Å². The first-order chi connectivity index (χ1) is 9.56. The Morgan fingerprint density at radius 1 is 1.15 bits per heavy atom. The summed E-state index contributed by atoms with van der Waals surface area (Å²) in [4.78, 5) is 4.73. The van der Waals surface area contributed by atoms with Gasteiger partial charge in [0, 0.05) is 24.9 Å². The molecule has 0 aromatic rings. The molecule has 1 N–H and O–H groups in total. The summed E-state index contributed by atoms with van der Waals surface area (Å²) in [7, 11) is 8.57. The Kier molecular flexibility index (Phi) is 5.81. The van der Waals surface area contributed by atoms with E-state index >= 15 is 0 Å². The van der Waals surface area contributed by atoms with Crippen molar-refractivity contribution in [3.8, 4) is 0 Å². The van der Waals surface area contributed by atoms with Crippen molar-refractivity contribution < 1.29 is 9.47 Å². The monoisotopic (exact) mass is 285 g/mol. The molecule has 1 spiro atoms. The van der Waals surface area contributed by atoms with Gasteiger partial charge in [-0.15, -0.1) is 0 Å². The van der Waals surface area contributed by atoms with Gasteiger partial charge in [0.25, 0.3) is 0 Å². The summed E-state index contributed by atoms with van der Waals surface area (Å²) in [5.41, 5.74) is 0. The number of ether oxygens (including phenoxy) is 2. The lowest BCUT2D eigenvalue weighted by molar-refractivity contribution is -0.192. The maximum Gasteiger partial charge on any atom is 0.170 e. The van der Waals surface area contributed by atoms with E-state index in [-0.39, 0.29) is 5.79 Å². The predicted octanol–water partition coefficient (Wildman–Crippen LogP) is 0.754. The first-order valence-electron chi connectivity index (χ1n) is 7.86. The lowest BCUT2D eigenvalue weighted by atomic mass is 9.84. The van der Waals surface area contributed by atoms with Crippen LogP contribution >= 0.6 is 0 Å². The molecule has 0 aromatic heterocycles. The van der Waals surface area contributed by atoms with Crippen LogP contribution in [0.3, 0.4) is 0 Å². The van der Waals surface area contributed by atoms with Crippen LogP contribution < -0.4 is 5.32 Å². The number of hydrogen-bond acceptors (Lipinski definition) is 5. The van der Waals surface area contributed by atoms with E-state index in [9.17, 15) is 0 Å². The standard InChI is InChI=1S/C15H31N3O2/c1-16-13-6-7-15(19-10-11-20-15)12-14(13)18(4)9-5-8-17(2)3/h13-14,16H,5-12H2,1-4H3. The predicted molar refractivity (Wildman–Crippen MR) is 80.9 cm³/mol. The summed E-state index contributed by atoms with van der Waals surface area (Å²) in [6.45, 7) is 3.76. The van der Waals surface area contributed by atoms with Crippen molar-refractivity contribution in [1.82, 2.24) is 15.1 Å². The van der Waals surface area contributed by atoms with E-state index in [0.717, 1.165) is 45.6 Å². The third kappa shape index (κ3) is 3.92. The summed E-state index contributed by atoms with van der Waals surface area (Å²) in [5.74, 6) is -0.298. The summed E-state index contributed by atoms with van der Waals surface area (Å²) < 4.78 is 11.8. The van der Waals surface area contributed by atoms with E-state index in [1.165, 1.54) is 6.42 Å². The number of nitrogens with one attached hydrogen (secondary N) is 1. The van der Waals surface area contributed by atoms with Crippen LogP contribution in [0.15, 0.2) is 0 Å². The number of rotatable bonds is 6. The molecule has 20 heavy (non-hydrogen) atoms. The summed E-state index contributed by atoms with van der Waals surface area (Å²) in [6.07, 6.45) is 4.32. The van der Waals surface area contributed by atoms with Gasteiger partial charge in [-0.05, 0) is 54.1 Å². The number of likely N-dealkylation sites (N-methyl/N-ethyl adjacent to an activating group) is 2. The molecule has 1 aliphatic heterocycles. The third-order valence-corrected chi connectivity index (χ3v) is 4.69. The van der Waals surface area contributed by atoms with Crippen molar-refractivity contribution in [3.63, 3.8) is 0 Å². The molecule has 2 atom stereocenters. The van der Waals surface area contributed by atoms with Crippen LogP contribution in [0.5, 0.6) is 0 Å². The fraction of sp³-hybridized carbons (Fsp3) is 1.00. The van der Waals surface area contributed by atoms with Crippen molar-refractivity contribution in [2.45, 2.75) is 43.6 Å². The Morgan fingerprint density at radius 3 is 2.45 bits per heavy atom. The van der Waals surface area contributed by atoms with Gasteiger partial charge in [0.15, 0.2) is 5.79 Å². The molecule has 0 amide bonds. The SMILES string of the molecule is CNC1CCC2(CC1N(C)CCCN(C)C)OCCO2. The molecule has 0 aromatic carbocycles. The molecule has 2 rings (SSSR count). The van der Waals surface area contributed by atoms with E-state index in [0.29, 0.717) is 12.1 Å². The van der Waals surface area contributed by atoms with Gasteiger partial charge in [0.05, 0.1) is 13.2 Å². The highest BCUT2D eigenvalue weighted by Gasteiger charge is 2.45. The van der Waals surface area contributed by atoms with Crippen LogP contribution in [0.4, 0.5) is 0 Å². The highest BCUT2D eigenvalue weighted by molar-refractivity contribution is 4.95. The van der Waals surface area contributed by atoms with Gasteiger partial charge in [0.1, 0.15) is 0 Å². The van der Waals surface area contributed by atoms with E-state index in [1.54, 1.807) is 0 Å². The molecular formula is C15H31N3O2. The topological polar surface area (TPSA) is 37.0 Å². The average molecular weight is 285 g/mol. The fourth-order valence-electron chi connectivity index (χ4n) is 3.49. The number of nitrogens with zero attached hydrogens (tertiary/aromatic N) is 2. The summed E-state index contributed by atoms with van der Waals surface area (Å²) in [6, 6.07) is 1.03. The highest BCUT2D eigenvalue weighted by atomic mass is 16.7. The zero-order valence-electron chi connectivity index (χ0n) is 13.5. The molecule has 1 aliphatic carbocycles. The maximum atomic E-state index is 5.91. The lowest BCUT2D eigenvalue weighted by Gasteiger charge is -2.44. The Hall–Kier alpha value is -0.200.